The minimum Gasteiger partial charge on any atom is -0.321 e. The van der Waals surface area contributed by atoms with Crippen molar-refractivity contribution in [1.29, 1.82) is 0 Å². The van der Waals surface area contributed by atoms with Gasteiger partial charge in [-0.3, -0.25) is 14.4 Å². The molecule has 260 valence electrons. The van der Waals surface area contributed by atoms with Gasteiger partial charge < -0.3 is 16.0 Å². The van der Waals surface area contributed by atoms with Crippen LogP contribution in [-0.2, 0) is 9.59 Å². The molecule has 0 aliphatic heterocycles. The van der Waals surface area contributed by atoms with Gasteiger partial charge in [0, 0.05) is 32.7 Å². The molecular formula is C39H26Cl3FN4O3S2. The maximum atomic E-state index is 14.7. The average molecular weight is 788 g/mol. The second kappa shape index (κ2) is 17.0. The lowest BCUT2D eigenvalue weighted by Gasteiger charge is -2.17. The number of halogens is 4. The van der Waals surface area contributed by atoms with E-state index in [0.29, 0.717) is 32.1 Å². The molecule has 0 aliphatic rings. The zero-order valence-corrected chi connectivity index (χ0v) is 30.7. The topological polar surface area (TPSA) is 100 Å². The third-order valence-corrected chi connectivity index (χ3v) is 10.6. The zero-order chi connectivity index (χ0) is 36.6. The Bertz CT molecular complexity index is 2250. The Balaban J connectivity index is 1.18. The van der Waals surface area contributed by atoms with Crippen LogP contribution in [0.1, 0.15) is 26.7 Å². The number of aromatic nitrogens is 1. The van der Waals surface area contributed by atoms with E-state index in [1.807, 2.05) is 35.7 Å². The number of anilines is 2. The summed E-state index contributed by atoms with van der Waals surface area (Å²) in [5.41, 5.74) is 2.62. The van der Waals surface area contributed by atoms with Gasteiger partial charge in [-0.1, -0.05) is 95.5 Å². The number of hydrogen-bond donors (Lipinski definition) is 3. The van der Waals surface area contributed by atoms with E-state index in [2.05, 4.69) is 20.9 Å². The highest BCUT2D eigenvalue weighted by atomic mass is 35.5. The molecule has 1 unspecified atom stereocenters. The van der Waals surface area contributed by atoms with Gasteiger partial charge in [0.15, 0.2) is 5.13 Å². The highest BCUT2D eigenvalue weighted by Crippen LogP contribution is 2.38. The lowest BCUT2D eigenvalue weighted by atomic mass is 10.1. The molecule has 0 bridgehead atoms. The van der Waals surface area contributed by atoms with E-state index in [-0.39, 0.29) is 22.2 Å². The predicted octanol–water partition coefficient (Wildman–Crippen LogP) is 10.8. The summed E-state index contributed by atoms with van der Waals surface area (Å²) in [7, 11) is 0. The number of carbonyl (C=O) groups is 3. The van der Waals surface area contributed by atoms with Crippen molar-refractivity contribution in [3.63, 3.8) is 0 Å². The smallest absolute Gasteiger partial charge is 0.272 e. The highest BCUT2D eigenvalue weighted by molar-refractivity contribution is 8.00. The summed E-state index contributed by atoms with van der Waals surface area (Å²) in [4.78, 5) is 45.5. The van der Waals surface area contributed by atoms with Crippen LogP contribution in [0.15, 0.2) is 137 Å². The van der Waals surface area contributed by atoms with Crippen LogP contribution in [0.2, 0.25) is 15.1 Å². The number of thioether (sulfide) groups is 1. The largest absolute Gasteiger partial charge is 0.321 e. The summed E-state index contributed by atoms with van der Waals surface area (Å²) in [5.74, 6) is -2.20. The Kier molecular flexibility index (Phi) is 12.1. The van der Waals surface area contributed by atoms with E-state index >= 15 is 0 Å². The first-order valence-corrected chi connectivity index (χ1v) is 18.4. The van der Waals surface area contributed by atoms with Gasteiger partial charge in [-0.15, -0.1) is 23.1 Å². The van der Waals surface area contributed by atoms with Crippen LogP contribution in [0.5, 0.6) is 0 Å². The number of nitrogens with zero attached hydrogens (tertiary/aromatic N) is 1. The molecule has 5 aromatic carbocycles. The van der Waals surface area contributed by atoms with Crippen LogP contribution in [0, 0.1) is 5.82 Å². The van der Waals surface area contributed by atoms with Crippen LogP contribution in [0.4, 0.5) is 15.2 Å². The standard InChI is InChI=1S/C39H26Cl3FN4O3S2/c40-29-12-7-13-32(43)28(29)21-33(45-36(48)24-10-5-2-6-11-24)37(49)44-26-15-17-27(18-16-26)52-35(23-8-3-1-4-9-23)38(50)47-39-46-34(22-51-39)25-14-19-30(41)31(42)20-25/h1-22,35H,(H,44,49)(H,45,48)(H,46,47,50)/b33-21-. The monoisotopic (exact) mass is 786 g/mol. The van der Waals surface area contributed by atoms with Crippen LogP contribution in [-0.4, -0.2) is 22.7 Å². The van der Waals surface area contributed by atoms with Gasteiger partial charge in [-0.05, 0) is 72.3 Å². The zero-order valence-electron chi connectivity index (χ0n) is 26.8. The number of thiazole rings is 1. The number of carbonyl (C=O) groups excluding carboxylic acids is 3. The molecule has 1 atom stereocenters. The van der Waals surface area contributed by atoms with Crippen molar-refractivity contribution in [2.45, 2.75) is 10.1 Å². The molecule has 0 saturated heterocycles. The maximum Gasteiger partial charge on any atom is 0.272 e. The van der Waals surface area contributed by atoms with E-state index in [9.17, 15) is 18.8 Å². The fraction of sp³-hybridized carbons (Fsp3) is 0.0256. The molecule has 0 aliphatic carbocycles. The number of nitrogens with one attached hydrogen (secondary N) is 3. The number of hydrogen-bond acceptors (Lipinski definition) is 6. The maximum absolute atomic E-state index is 14.7. The Labute approximate surface area is 321 Å². The first kappa shape index (κ1) is 36.8. The summed E-state index contributed by atoms with van der Waals surface area (Å²) < 4.78 is 14.7. The summed E-state index contributed by atoms with van der Waals surface area (Å²) in [6.07, 6.45) is 1.19. The van der Waals surface area contributed by atoms with Gasteiger partial charge in [0.25, 0.3) is 11.8 Å². The summed E-state index contributed by atoms with van der Waals surface area (Å²) in [5, 5.41) is 10.8. The van der Waals surface area contributed by atoms with Gasteiger partial charge in [-0.25, -0.2) is 9.37 Å². The molecule has 13 heteroatoms. The van der Waals surface area contributed by atoms with Crippen LogP contribution < -0.4 is 16.0 Å². The van der Waals surface area contributed by atoms with Gasteiger partial charge in [0.1, 0.15) is 16.8 Å². The average Bonchev–Trinajstić information content (AvgIpc) is 3.62. The van der Waals surface area contributed by atoms with Crippen molar-refractivity contribution in [3.05, 3.63) is 170 Å². The third kappa shape index (κ3) is 9.27. The molecule has 0 radical (unpaired) electrons. The van der Waals surface area contributed by atoms with E-state index in [0.717, 1.165) is 16.0 Å². The Morgan fingerprint density at radius 1 is 0.769 bits per heavy atom. The molecule has 6 aromatic rings. The Hall–Kier alpha value is -4.97. The Morgan fingerprint density at radius 3 is 2.17 bits per heavy atom. The van der Waals surface area contributed by atoms with Crippen LogP contribution in [0.25, 0.3) is 17.3 Å². The van der Waals surface area contributed by atoms with E-state index < -0.39 is 22.9 Å². The molecule has 0 saturated carbocycles. The lowest BCUT2D eigenvalue weighted by molar-refractivity contribution is -0.116. The number of rotatable bonds is 11. The lowest BCUT2D eigenvalue weighted by Crippen LogP contribution is -2.30. The van der Waals surface area contributed by atoms with Crippen molar-refractivity contribution >= 4 is 92.5 Å². The molecule has 3 amide bonds. The SMILES string of the molecule is O=C(Nc1ccc(SC(C(=O)Nc2nc(-c3ccc(Cl)c(Cl)c3)cs2)c2ccccc2)cc1)/C(=C/c1c(F)cccc1Cl)NC(=O)c1ccccc1. The highest BCUT2D eigenvalue weighted by Gasteiger charge is 2.24. The summed E-state index contributed by atoms with van der Waals surface area (Å²) in [6, 6.07) is 33.8. The van der Waals surface area contributed by atoms with Crippen molar-refractivity contribution in [2.75, 3.05) is 10.6 Å². The molecule has 1 aromatic heterocycles. The quantitative estimate of drug-likeness (QED) is 0.0897. The second-order valence-electron chi connectivity index (χ2n) is 11.1. The molecule has 6 rings (SSSR count). The van der Waals surface area contributed by atoms with Gasteiger partial charge in [0.2, 0.25) is 5.91 Å². The van der Waals surface area contributed by atoms with Crippen LogP contribution >= 0.6 is 57.9 Å². The molecule has 0 fully saturated rings. The van der Waals surface area contributed by atoms with Gasteiger partial charge in [-0.2, -0.15) is 0 Å². The van der Waals surface area contributed by atoms with E-state index in [1.165, 1.54) is 47.4 Å². The molecule has 7 nitrogen and oxygen atoms in total. The normalized spacial score (nSPS) is 11.8. The van der Waals surface area contributed by atoms with Crippen molar-refractivity contribution in [2.24, 2.45) is 0 Å². The minimum atomic E-state index is -0.700. The first-order chi connectivity index (χ1) is 25.1. The second-order valence-corrected chi connectivity index (χ2v) is 14.3. The molecule has 0 spiro atoms. The van der Waals surface area contributed by atoms with Gasteiger partial charge >= 0.3 is 0 Å². The number of benzene rings is 5. The van der Waals surface area contributed by atoms with E-state index in [1.54, 1.807) is 72.8 Å². The molecule has 1 heterocycles. The fourth-order valence-corrected chi connectivity index (χ4v) is 7.14. The molecule has 52 heavy (non-hydrogen) atoms. The van der Waals surface area contributed by atoms with Crippen molar-refractivity contribution in [1.82, 2.24) is 10.3 Å². The predicted molar refractivity (Wildman–Crippen MR) is 210 cm³/mol. The minimum absolute atomic E-state index is 0.0528. The van der Waals surface area contributed by atoms with Crippen molar-refractivity contribution < 1.29 is 18.8 Å². The van der Waals surface area contributed by atoms with Crippen LogP contribution in [0.3, 0.4) is 0 Å². The third-order valence-electron chi connectivity index (χ3n) is 7.47. The van der Waals surface area contributed by atoms with Crippen molar-refractivity contribution in [3.8, 4) is 11.3 Å². The summed E-state index contributed by atoms with van der Waals surface area (Å²) in [6.45, 7) is 0. The molecule has 3 N–H and O–H groups in total. The number of amides is 3. The summed E-state index contributed by atoms with van der Waals surface area (Å²) >= 11 is 21.1. The van der Waals surface area contributed by atoms with E-state index in [4.69, 9.17) is 34.8 Å². The molecular weight excluding hydrogens is 762 g/mol. The Morgan fingerprint density at radius 2 is 1.48 bits per heavy atom. The van der Waals surface area contributed by atoms with Gasteiger partial charge in [0.05, 0.1) is 20.8 Å². The first-order valence-electron chi connectivity index (χ1n) is 15.5. The fourth-order valence-electron chi connectivity index (χ4n) is 4.88.